The quantitative estimate of drug-likeness (QED) is 0.0536. The Bertz CT molecular complexity index is 2950. The number of rotatable bonds is 15. The van der Waals surface area contributed by atoms with Crippen LogP contribution in [-0.2, 0) is 17.5 Å². The van der Waals surface area contributed by atoms with E-state index in [9.17, 15) is 4.21 Å². The Morgan fingerprint density at radius 3 is 1.69 bits per heavy atom. The molecule has 0 aliphatic carbocycles. The van der Waals surface area contributed by atoms with Crippen LogP contribution in [0.15, 0.2) is 144 Å². The highest BCUT2D eigenvalue weighted by atomic mass is 32.2. The Balaban J connectivity index is 0.000000202. The van der Waals surface area contributed by atoms with Crippen LogP contribution in [0.3, 0.4) is 0 Å². The maximum absolute atomic E-state index is 12.7. The molecule has 15 nitrogen and oxygen atoms in total. The minimum absolute atomic E-state index is 0.0354. The molecule has 0 saturated carbocycles. The molecule has 4 heterocycles. The van der Waals surface area contributed by atoms with E-state index in [2.05, 4.69) is 105 Å². The molecule has 0 bridgehead atoms. The summed E-state index contributed by atoms with van der Waals surface area (Å²) in [6, 6.07) is 32.0. The highest BCUT2D eigenvalue weighted by Crippen LogP contribution is 2.27. The maximum atomic E-state index is 12.7. The van der Waals surface area contributed by atoms with E-state index in [1.54, 1.807) is 24.3 Å². The van der Waals surface area contributed by atoms with Gasteiger partial charge in [-0.1, -0.05) is 24.3 Å². The molecule has 0 aliphatic rings. The lowest BCUT2D eigenvalue weighted by atomic mass is 10.1. The predicted octanol–water partition coefficient (Wildman–Crippen LogP) is 11.4. The first-order chi connectivity index (χ1) is 32.4. The van der Waals surface area contributed by atoms with Crippen molar-refractivity contribution >= 4 is 69.2 Å². The summed E-state index contributed by atoms with van der Waals surface area (Å²) in [4.78, 5) is 28.6. The van der Waals surface area contributed by atoms with Gasteiger partial charge in [-0.3, -0.25) is 4.72 Å². The van der Waals surface area contributed by atoms with E-state index in [1.807, 2.05) is 151 Å². The van der Waals surface area contributed by atoms with Gasteiger partial charge in [0.15, 0.2) is 0 Å². The number of aromatic nitrogens is 8. The number of nitrogens with one attached hydrogen (secondary N) is 6. The number of nitrogens with zero attached hydrogens (tertiary/aromatic N) is 8. The second-order valence-corrected chi connectivity index (χ2v) is 20.4. The molecule has 1 unspecified atom stereocenters. The van der Waals surface area contributed by atoms with Crippen molar-refractivity contribution in [1.82, 2.24) is 48.5 Å². The van der Waals surface area contributed by atoms with Gasteiger partial charge in [0.1, 0.15) is 34.3 Å². The van der Waals surface area contributed by atoms with Crippen molar-refractivity contribution in [3.8, 4) is 5.69 Å². The third-order valence-corrected chi connectivity index (χ3v) is 12.6. The molecular formula is C51H60N14OS2. The van der Waals surface area contributed by atoms with Crippen LogP contribution in [0.2, 0.25) is 0 Å². The first-order valence-corrected chi connectivity index (χ1v) is 24.2. The molecule has 352 valence electrons. The maximum Gasteiger partial charge on any atom is 0.229 e. The van der Waals surface area contributed by atoms with Crippen molar-refractivity contribution in [3.05, 3.63) is 163 Å². The average molecular weight is 949 g/mol. The summed E-state index contributed by atoms with van der Waals surface area (Å²) in [5.74, 6) is 4.41. The third-order valence-electron chi connectivity index (χ3n) is 9.94. The lowest BCUT2D eigenvalue weighted by Gasteiger charge is -2.19. The third kappa shape index (κ3) is 14.3. The van der Waals surface area contributed by atoms with Crippen molar-refractivity contribution in [3.63, 3.8) is 0 Å². The van der Waals surface area contributed by atoms with Gasteiger partial charge in [0.25, 0.3) is 0 Å². The normalized spacial score (nSPS) is 11.9. The molecule has 0 spiro atoms. The first-order valence-electron chi connectivity index (χ1n) is 22.2. The van der Waals surface area contributed by atoms with Crippen LogP contribution >= 0.6 is 11.9 Å². The largest absolute Gasteiger partial charge is 0.340 e. The van der Waals surface area contributed by atoms with Gasteiger partial charge in [-0.05, 0) is 160 Å². The molecule has 4 aromatic carbocycles. The van der Waals surface area contributed by atoms with E-state index >= 15 is 0 Å². The zero-order valence-corrected chi connectivity index (χ0v) is 41.8. The van der Waals surface area contributed by atoms with E-state index in [4.69, 9.17) is 4.98 Å². The summed E-state index contributed by atoms with van der Waals surface area (Å²) in [6.07, 6.45) is 11.1. The Labute approximate surface area is 406 Å². The number of benzene rings is 4. The number of anilines is 8. The Morgan fingerprint density at radius 2 is 1.15 bits per heavy atom. The van der Waals surface area contributed by atoms with Gasteiger partial charge < -0.3 is 30.4 Å². The van der Waals surface area contributed by atoms with Gasteiger partial charge in [-0.25, -0.2) is 28.9 Å². The molecule has 8 aromatic rings. The van der Waals surface area contributed by atoms with E-state index in [1.165, 1.54) is 5.56 Å². The molecule has 6 N–H and O–H groups in total. The summed E-state index contributed by atoms with van der Waals surface area (Å²) in [7, 11) is -1.31. The van der Waals surface area contributed by atoms with Gasteiger partial charge in [-0.15, -0.1) is 0 Å². The fourth-order valence-corrected chi connectivity index (χ4v) is 8.35. The van der Waals surface area contributed by atoms with Crippen LogP contribution in [0, 0.1) is 27.7 Å². The highest BCUT2D eigenvalue weighted by Gasteiger charge is 2.16. The highest BCUT2D eigenvalue weighted by molar-refractivity contribution is 7.97. The molecule has 17 heteroatoms. The Hall–Kier alpha value is -6.92. The van der Waals surface area contributed by atoms with Gasteiger partial charge >= 0.3 is 0 Å². The summed E-state index contributed by atoms with van der Waals surface area (Å²) >= 11 is 1.62. The minimum atomic E-state index is -1.31. The van der Waals surface area contributed by atoms with Crippen LogP contribution in [-0.4, -0.2) is 54.3 Å². The first kappa shape index (κ1) is 49.0. The molecule has 68 heavy (non-hydrogen) atoms. The molecule has 0 fully saturated rings. The van der Waals surface area contributed by atoms with Crippen LogP contribution in [0.25, 0.3) is 5.69 Å². The zero-order chi connectivity index (χ0) is 48.4. The number of imidazole rings is 2. The fraction of sp³-hybridized carbons (Fsp3) is 0.255. The molecule has 1 atom stereocenters. The van der Waals surface area contributed by atoms with Gasteiger partial charge in [-0.2, -0.15) is 9.97 Å². The van der Waals surface area contributed by atoms with Crippen LogP contribution in [0.1, 0.15) is 69.9 Å². The molecule has 0 radical (unpaired) electrons. The van der Waals surface area contributed by atoms with Crippen LogP contribution < -0.4 is 30.7 Å². The molecular weight excluding hydrogens is 889 g/mol. The summed E-state index contributed by atoms with van der Waals surface area (Å²) in [5.41, 5.74) is 7.49. The fourth-order valence-electron chi connectivity index (χ4n) is 6.48. The van der Waals surface area contributed by atoms with Crippen LogP contribution in [0.4, 0.5) is 46.3 Å². The van der Waals surface area contributed by atoms with E-state index in [0.717, 1.165) is 68.5 Å². The van der Waals surface area contributed by atoms with Crippen molar-refractivity contribution in [2.24, 2.45) is 0 Å². The van der Waals surface area contributed by atoms with E-state index in [0.29, 0.717) is 22.6 Å². The van der Waals surface area contributed by atoms with Crippen molar-refractivity contribution < 1.29 is 4.21 Å². The molecule has 8 rings (SSSR count). The lowest BCUT2D eigenvalue weighted by Crippen LogP contribution is -2.37. The molecule has 0 aliphatic heterocycles. The number of hydrogen-bond donors (Lipinski definition) is 6. The van der Waals surface area contributed by atoms with Crippen molar-refractivity contribution in [2.75, 3.05) is 21.3 Å². The molecule has 0 amide bonds. The summed E-state index contributed by atoms with van der Waals surface area (Å²) in [5, 5.41) is 13.3. The zero-order valence-electron chi connectivity index (χ0n) is 40.2. The second-order valence-electron chi connectivity index (χ2n) is 18.3. The SMILES string of the molecule is Cc1cnc(Nc2ccc(-n3ccnc3C)cc2)nc1Nc1cccc(SNC(C)(C)C)c1.Cc1cnc(Nc2ccc(Cn3ccnc3C)cc2)nc1Nc1cccc(S(=O)NC(C)(C)C)c1. The lowest BCUT2D eigenvalue weighted by molar-refractivity contribution is 0.519. The average Bonchev–Trinajstić information content (AvgIpc) is 3.92. The van der Waals surface area contributed by atoms with E-state index in [-0.39, 0.29) is 11.1 Å². The Kier molecular flexibility index (Phi) is 15.7. The monoisotopic (exact) mass is 948 g/mol. The predicted molar refractivity (Wildman–Crippen MR) is 278 cm³/mol. The van der Waals surface area contributed by atoms with E-state index < -0.39 is 11.0 Å². The summed E-state index contributed by atoms with van der Waals surface area (Å²) in [6.45, 7) is 21.1. The minimum Gasteiger partial charge on any atom is -0.340 e. The Morgan fingerprint density at radius 1 is 0.588 bits per heavy atom. The molecule has 0 saturated heterocycles. The van der Waals surface area contributed by atoms with Crippen molar-refractivity contribution in [1.29, 1.82) is 0 Å². The number of aryl methyl sites for hydroxylation is 4. The van der Waals surface area contributed by atoms with Gasteiger partial charge in [0.05, 0.1) is 4.90 Å². The standard InChI is InChI=1S/C26H31N7OS.C25H29N7S/c1-18-16-28-25(30-21-11-9-20(10-12-21)17-33-14-13-27-19(33)2)31-24(18)29-22-7-6-8-23(15-22)35(34)32-26(3,4)5;1-17-16-27-24(29-19-9-11-21(12-10-19)32-14-13-26-18(32)2)30-23(17)28-20-7-6-8-22(15-20)33-31-25(3,4)5/h6-16,32H,17H2,1-5H3,(H2,28,29,30,31);6-16,31H,1-5H3,(H2,27,28,29,30). The summed E-state index contributed by atoms with van der Waals surface area (Å²) < 4.78 is 23.3. The molecule has 4 aromatic heterocycles. The smallest absolute Gasteiger partial charge is 0.229 e. The van der Waals surface area contributed by atoms with Gasteiger partial charge in [0, 0.05) is 99.3 Å². The number of hydrogen-bond acceptors (Lipinski definition) is 13. The van der Waals surface area contributed by atoms with Gasteiger partial charge in [0.2, 0.25) is 11.9 Å². The topological polar surface area (TPSA) is 176 Å². The van der Waals surface area contributed by atoms with Crippen molar-refractivity contribution in [2.45, 2.75) is 96.7 Å². The second kappa shape index (κ2) is 21.8. The van der Waals surface area contributed by atoms with Crippen LogP contribution in [0.5, 0.6) is 0 Å².